The number of carbonyl (C=O) groups is 2. The van der Waals surface area contributed by atoms with Gasteiger partial charge in [0.15, 0.2) is 11.9 Å². The molecule has 2 amide bonds. The van der Waals surface area contributed by atoms with Crippen molar-refractivity contribution in [2.45, 2.75) is 13.0 Å². The number of amides is 2. The first-order valence-corrected chi connectivity index (χ1v) is 7.56. The molecule has 0 fully saturated rings. The summed E-state index contributed by atoms with van der Waals surface area (Å²) in [6, 6.07) is 12.3. The summed E-state index contributed by atoms with van der Waals surface area (Å²) in [5, 5.41) is 11.1. The number of methoxy groups -OCH3 is 1. The number of benzene rings is 2. The zero-order valence-corrected chi connectivity index (χ0v) is 14.1. The van der Waals surface area contributed by atoms with Crippen LogP contribution in [0.15, 0.2) is 48.5 Å². The van der Waals surface area contributed by atoms with Crippen LogP contribution in [0.2, 0.25) is 0 Å². The topological polar surface area (TPSA) is 120 Å². The summed E-state index contributed by atoms with van der Waals surface area (Å²) < 4.78 is 10.3. The molecule has 26 heavy (non-hydrogen) atoms. The van der Waals surface area contributed by atoms with Crippen molar-refractivity contribution >= 4 is 17.5 Å². The first-order valence-electron chi connectivity index (χ1n) is 7.56. The van der Waals surface area contributed by atoms with E-state index in [0.29, 0.717) is 5.56 Å². The van der Waals surface area contributed by atoms with Crippen molar-refractivity contribution in [3.05, 3.63) is 64.2 Å². The predicted octanol–water partition coefficient (Wildman–Crippen LogP) is 1.83. The summed E-state index contributed by atoms with van der Waals surface area (Å²) in [5.41, 5.74) is 4.49. The number of nitrogens with zero attached hydrogens (tertiary/aromatic N) is 1. The molecule has 0 saturated carbocycles. The van der Waals surface area contributed by atoms with Crippen molar-refractivity contribution < 1.29 is 24.0 Å². The molecule has 9 nitrogen and oxygen atoms in total. The Morgan fingerprint density at radius 1 is 1.12 bits per heavy atom. The highest BCUT2D eigenvalue weighted by molar-refractivity contribution is 5.95. The number of hydrogen-bond donors (Lipinski definition) is 2. The Morgan fingerprint density at radius 3 is 2.42 bits per heavy atom. The van der Waals surface area contributed by atoms with Crippen molar-refractivity contribution in [1.82, 2.24) is 10.9 Å². The average Bonchev–Trinajstić information content (AvgIpc) is 2.66. The molecule has 0 unspecified atom stereocenters. The summed E-state index contributed by atoms with van der Waals surface area (Å²) in [4.78, 5) is 34.4. The van der Waals surface area contributed by atoms with E-state index in [1.165, 1.54) is 32.2 Å². The third kappa shape index (κ3) is 4.69. The molecule has 2 rings (SSSR count). The lowest BCUT2D eigenvalue weighted by atomic mass is 10.2. The number of nitrogens with one attached hydrogen (secondary N) is 2. The van der Waals surface area contributed by atoms with Crippen LogP contribution in [-0.4, -0.2) is 30.0 Å². The second-order valence-electron chi connectivity index (χ2n) is 5.16. The quantitative estimate of drug-likeness (QED) is 0.600. The molecular formula is C17H17N3O6. The van der Waals surface area contributed by atoms with E-state index in [1.807, 2.05) is 0 Å². The van der Waals surface area contributed by atoms with E-state index in [4.69, 9.17) is 9.47 Å². The summed E-state index contributed by atoms with van der Waals surface area (Å²) in [6.07, 6.45) is -1.09. The zero-order valence-electron chi connectivity index (χ0n) is 14.1. The normalized spacial score (nSPS) is 11.2. The number of nitro groups is 1. The van der Waals surface area contributed by atoms with Crippen LogP contribution >= 0.6 is 0 Å². The first-order chi connectivity index (χ1) is 12.4. The molecule has 9 heteroatoms. The first kappa shape index (κ1) is 18.7. The van der Waals surface area contributed by atoms with Gasteiger partial charge in [0.2, 0.25) is 0 Å². The molecule has 1 atom stereocenters. The number of ether oxygens (including phenoxy) is 2. The van der Waals surface area contributed by atoms with Gasteiger partial charge >= 0.3 is 5.69 Å². The Kier molecular flexibility index (Phi) is 6.10. The van der Waals surface area contributed by atoms with Gasteiger partial charge in [-0.1, -0.05) is 18.2 Å². The van der Waals surface area contributed by atoms with Gasteiger partial charge in [-0.3, -0.25) is 30.6 Å². The largest absolute Gasteiger partial charge is 0.496 e. The summed E-state index contributed by atoms with van der Waals surface area (Å²) >= 11 is 0. The number of nitro benzene ring substituents is 1. The molecule has 2 aromatic carbocycles. The minimum atomic E-state index is -1.09. The highest BCUT2D eigenvalue weighted by Crippen LogP contribution is 2.31. The van der Waals surface area contributed by atoms with E-state index in [1.54, 1.807) is 30.3 Å². The Balaban J connectivity index is 1.99. The van der Waals surface area contributed by atoms with Crippen LogP contribution in [-0.2, 0) is 4.79 Å². The molecule has 136 valence electrons. The molecular weight excluding hydrogens is 342 g/mol. The molecule has 0 aliphatic rings. The van der Waals surface area contributed by atoms with Gasteiger partial charge in [0.1, 0.15) is 5.75 Å². The number of hydrogen-bond acceptors (Lipinski definition) is 6. The summed E-state index contributed by atoms with van der Waals surface area (Å²) in [7, 11) is 1.38. The van der Waals surface area contributed by atoms with Crippen molar-refractivity contribution in [1.29, 1.82) is 0 Å². The minimum absolute atomic E-state index is 0.0900. The highest BCUT2D eigenvalue weighted by atomic mass is 16.6. The Bertz CT molecular complexity index is 809. The van der Waals surface area contributed by atoms with Crippen molar-refractivity contribution in [2.24, 2.45) is 0 Å². The third-order valence-corrected chi connectivity index (χ3v) is 3.37. The van der Waals surface area contributed by atoms with Crippen molar-refractivity contribution in [2.75, 3.05) is 7.11 Å². The lowest BCUT2D eigenvalue weighted by Gasteiger charge is -2.15. The second kappa shape index (κ2) is 8.47. The van der Waals surface area contributed by atoms with Gasteiger partial charge in [-0.15, -0.1) is 0 Å². The molecule has 0 aliphatic carbocycles. The monoisotopic (exact) mass is 359 g/mol. The van der Waals surface area contributed by atoms with Gasteiger partial charge in [-0.05, 0) is 31.2 Å². The Labute approximate surface area is 149 Å². The van der Waals surface area contributed by atoms with Crippen LogP contribution in [0.4, 0.5) is 5.69 Å². The van der Waals surface area contributed by atoms with Crippen molar-refractivity contribution in [3.63, 3.8) is 0 Å². The lowest BCUT2D eigenvalue weighted by molar-refractivity contribution is -0.386. The molecule has 0 heterocycles. The van der Waals surface area contributed by atoms with Crippen LogP contribution in [0.3, 0.4) is 0 Å². The predicted molar refractivity (Wildman–Crippen MR) is 91.8 cm³/mol. The Morgan fingerprint density at radius 2 is 1.81 bits per heavy atom. The fourth-order valence-corrected chi connectivity index (χ4v) is 1.99. The molecule has 2 aromatic rings. The molecule has 0 aromatic heterocycles. The van der Waals surface area contributed by atoms with E-state index < -0.39 is 22.8 Å². The molecule has 0 bridgehead atoms. The van der Waals surface area contributed by atoms with Gasteiger partial charge in [0.05, 0.1) is 18.1 Å². The maximum atomic E-state index is 12.0. The van der Waals surface area contributed by atoms with Gasteiger partial charge in [0.25, 0.3) is 11.8 Å². The van der Waals surface area contributed by atoms with Crippen LogP contribution in [0, 0.1) is 10.1 Å². The minimum Gasteiger partial charge on any atom is -0.496 e. The van der Waals surface area contributed by atoms with Gasteiger partial charge in [-0.2, -0.15) is 0 Å². The summed E-state index contributed by atoms with van der Waals surface area (Å²) in [6.45, 7) is 1.40. The standard InChI is InChI=1S/C17H17N3O6/c1-11(16(21)18-19-17(22)12-6-4-3-5-7-12)26-15-9-8-13(25-2)10-14(15)20(23)24/h3-11H,1-2H3,(H,18,21)(H,19,22)/t11-/m0/s1. The van der Waals surface area contributed by atoms with Crippen LogP contribution < -0.4 is 20.3 Å². The maximum absolute atomic E-state index is 12.0. The third-order valence-electron chi connectivity index (χ3n) is 3.37. The van der Waals surface area contributed by atoms with E-state index in [0.717, 1.165) is 0 Å². The molecule has 0 saturated heterocycles. The van der Waals surface area contributed by atoms with E-state index in [-0.39, 0.29) is 17.2 Å². The number of hydrazine groups is 1. The van der Waals surface area contributed by atoms with Crippen molar-refractivity contribution in [3.8, 4) is 11.5 Å². The second-order valence-corrected chi connectivity index (χ2v) is 5.16. The molecule has 0 radical (unpaired) electrons. The van der Waals surface area contributed by atoms with Crippen LogP contribution in [0.5, 0.6) is 11.5 Å². The zero-order chi connectivity index (χ0) is 19.1. The van der Waals surface area contributed by atoms with Gasteiger partial charge in [0, 0.05) is 5.56 Å². The van der Waals surface area contributed by atoms with E-state index in [9.17, 15) is 19.7 Å². The smallest absolute Gasteiger partial charge is 0.314 e. The summed E-state index contributed by atoms with van der Waals surface area (Å²) in [5.74, 6) is -0.968. The highest BCUT2D eigenvalue weighted by Gasteiger charge is 2.22. The van der Waals surface area contributed by atoms with Gasteiger partial charge in [-0.25, -0.2) is 0 Å². The number of carbonyl (C=O) groups excluding carboxylic acids is 2. The fourth-order valence-electron chi connectivity index (χ4n) is 1.99. The fraction of sp³-hybridized carbons (Fsp3) is 0.176. The average molecular weight is 359 g/mol. The van der Waals surface area contributed by atoms with Crippen LogP contribution in [0.1, 0.15) is 17.3 Å². The SMILES string of the molecule is COc1ccc(O[C@@H](C)C(=O)NNC(=O)c2ccccc2)c([N+](=O)[O-])c1. The maximum Gasteiger partial charge on any atom is 0.314 e. The van der Waals surface area contributed by atoms with Gasteiger partial charge < -0.3 is 9.47 Å². The Hall–Kier alpha value is -3.62. The molecule has 0 spiro atoms. The van der Waals surface area contributed by atoms with E-state index in [2.05, 4.69) is 10.9 Å². The molecule has 0 aliphatic heterocycles. The lowest BCUT2D eigenvalue weighted by Crippen LogP contribution is -2.47. The van der Waals surface area contributed by atoms with E-state index >= 15 is 0 Å². The number of rotatable bonds is 6. The van der Waals surface area contributed by atoms with Crippen LogP contribution in [0.25, 0.3) is 0 Å². The molecule has 2 N–H and O–H groups in total.